The van der Waals surface area contributed by atoms with Gasteiger partial charge in [-0.2, -0.15) is 0 Å². The van der Waals surface area contributed by atoms with Gasteiger partial charge in [-0.25, -0.2) is 0 Å². The van der Waals surface area contributed by atoms with Gasteiger partial charge in [-0.1, -0.05) is 18.9 Å². The number of carboxylic acid groups (broad SMARTS) is 1. The molecule has 0 radical (unpaired) electrons. The summed E-state index contributed by atoms with van der Waals surface area (Å²) in [5.41, 5.74) is 0. The summed E-state index contributed by atoms with van der Waals surface area (Å²) in [7, 11) is 0. The van der Waals surface area contributed by atoms with Crippen molar-refractivity contribution in [2.75, 3.05) is 13.1 Å². The van der Waals surface area contributed by atoms with Gasteiger partial charge < -0.3 is 15.1 Å². The van der Waals surface area contributed by atoms with E-state index in [0.29, 0.717) is 12.5 Å². The lowest BCUT2D eigenvalue weighted by Gasteiger charge is -2.31. The SMILES string of the molecule is O=C(O)CCCN1CCCCC[C@H]1C[C@H](O)c1cccs1. The standard InChI is InChI=1S/C16H25NO3S/c18-14(15-7-5-11-21-15)12-13-6-2-1-3-9-17(13)10-4-8-16(19)20/h5,7,11,13-14,18H,1-4,6,8-10,12H2,(H,19,20)/t13-,14-/m0/s1. The summed E-state index contributed by atoms with van der Waals surface area (Å²) in [5, 5.41) is 21.1. The average molecular weight is 311 g/mol. The first kappa shape index (κ1) is 16.5. The number of hydrogen-bond acceptors (Lipinski definition) is 4. The van der Waals surface area contributed by atoms with Crippen LogP contribution in [0.4, 0.5) is 0 Å². The van der Waals surface area contributed by atoms with Crippen molar-refractivity contribution in [3.8, 4) is 0 Å². The molecule has 118 valence electrons. The number of hydrogen-bond donors (Lipinski definition) is 2. The van der Waals surface area contributed by atoms with Crippen molar-refractivity contribution in [2.24, 2.45) is 0 Å². The van der Waals surface area contributed by atoms with E-state index in [1.807, 2.05) is 17.5 Å². The Bertz CT molecular complexity index is 421. The fourth-order valence-corrected chi connectivity index (χ4v) is 3.81. The number of thiophene rings is 1. The van der Waals surface area contributed by atoms with Crippen molar-refractivity contribution in [3.63, 3.8) is 0 Å². The maximum atomic E-state index is 10.7. The molecule has 2 atom stereocenters. The van der Waals surface area contributed by atoms with E-state index in [1.54, 1.807) is 11.3 Å². The van der Waals surface area contributed by atoms with Crippen molar-refractivity contribution >= 4 is 17.3 Å². The van der Waals surface area contributed by atoms with Crippen LogP contribution in [-0.2, 0) is 4.79 Å². The highest BCUT2D eigenvalue weighted by Crippen LogP contribution is 2.28. The lowest BCUT2D eigenvalue weighted by molar-refractivity contribution is -0.137. The Morgan fingerprint density at radius 3 is 3.00 bits per heavy atom. The molecule has 0 unspecified atom stereocenters. The maximum absolute atomic E-state index is 10.7. The summed E-state index contributed by atoms with van der Waals surface area (Å²) in [6.45, 7) is 1.86. The summed E-state index contributed by atoms with van der Waals surface area (Å²) in [6.07, 6.45) is 6.02. The van der Waals surface area contributed by atoms with E-state index in [2.05, 4.69) is 4.90 Å². The van der Waals surface area contributed by atoms with Crippen LogP contribution in [0.25, 0.3) is 0 Å². The Labute approximate surface area is 130 Å². The molecule has 1 aliphatic rings. The van der Waals surface area contributed by atoms with Gasteiger partial charge in [-0.05, 0) is 50.2 Å². The summed E-state index contributed by atoms with van der Waals surface area (Å²) < 4.78 is 0. The Morgan fingerprint density at radius 1 is 1.43 bits per heavy atom. The number of aliphatic hydroxyl groups is 1. The maximum Gasteiger partial charge on any atom is 0.303 e. The van der Waals surface area contributed by atoms with E-state index in [9.17, 15) is 9.90 Å². The molecule has 1 saturated heterocycles. The summed E-state index contributed by atoms with van der Waals surface area (Å²) in [4.78, 5) is 14.1. The van der Waals surface area contributed by atoms with E-state index in [1.165, 1.54) is 19.3 Å². The number of aliphatic carboxylic acids is 1. The Kier molecular flexibility index (Phi) is 6.67. The Morgan fingerprint density at radius 2 is 2.29 bits per heavy atom. The molecule has 0 aromatic carbocycles. The predicted molar refractivity (Wildman–Crippen MR) is 84.6 cm³/mol. The second kappa shape index (κ2) is 8.51. The zero-order chi connectivity index (χ0) is 15.1. The number of nitrogens with zero attached hydrogens (tertiary/aromatic N) is 1. The van der Waals surface area contributed by atoms with Crippen molar-refractivity contribution in [1.29, 1.82) is 0 Å². The van der Waals surface area contributed by atoms with Crippen LogP contribution in [0.3, 0.4) is 0 Å². The molecule has 0 bridgehead atoms. The van der Waals surface area contributed by atoms with E-state index >= 15 is 0 Å². The predicted octanol–water partition coefficient (Wildman–Crippen LogP) is 3.28. The van der Waals surface area contributed by atoms with E-state index in [4.69, 9.17) is 5.11 Å². The lowest BCUT2D eigenvalue weighted by atomic mass is 10.0. The molecular formula is C16H25NO3S. The second-order valence-electron chi connectivity index (χ2n) is 5.80. The van der Waals surface area contributed by atoms with Crippen LogP contribution < -0.4 is 0 Å². The Balaban J connectivity index is 1.90. The van der Waals surface area contributed by atoms with Gasteiger partial charge in [0, 0.05) is 17.3 Å². The number of likely N-dealkylation sites (tertiary alicyclic amines) is 1. The second-order valence-corrected chi connectivity index (χ2v) is 6.78. The van der Waals surface area contributed by atoms with Crippen LogP contribution in [0.5, 0.6) is 0 Å². The fourth-order valence-electron chi connectivity index (χ4n) is 3.09. The Hall–Kier alpha value is -0.910. The third-order valence-electron chi connectivity index (χ3n) is 4.20. The first-order valence-corrected chi connectivity index (χ1v) is 8.72. The number of aliphatic hydroxyl groups excluding tert-OH is 1. The van der Waals surface area contributed by atoms with Gasteiger partial charge in [0.1, 0.15) is 0 Å². The highest BCUT2D eigenvalue weighted by Gasteiger charge is 2.24. The fraction of sp³-hybridized carbons (Fsp3) is 0.688. The molecule has 1 aromatic heterocycles. The topological polar surface area (TPSA) is 60.8 Å². The first-order chi connectivity index (χ1) is 10.2. The van der Waals surface area contributed by atoms with Gasteiger partial charge in [0.2, 0.25) is 0 Å². The number of rotatable bonds is 7. The molecule has 4 nitrogen and oxygen atoms in total. The molecule has 0 amide bonds. The van der Waals surface area contributed by atoms with Gasteiger partial charge in [-0.3, -0.25) is 4.79 Å². The zero-order valence-corrected chi connectivity index (χ0v) is 13.2. The first-order valence-electron chi connectivity index (χ1n) is 7.84. The summed E-state index contributed by atoms with van der Waals surface area (Å²) in [6, 6.07) is 4.33. The highest BCUT2D eigenvalue weighted by molar-refractivity contribution is 7.10. The van der Waals surface area contributed by atoms with Gasteiger partial charge in [0.05, 0.1) is 6.10 Å². The van der Waals surface area contributed by atoms with Crippen LogP contribution in [0.15, 0.2) is 17.5 Å². The van der Waals surface area contributed by atoms with E-state index < -0.39 is 12.1 Å². The van der Waals surface area contributed by atoms with Crippen LogP contribution in [0, 0.1) is 0 Å². The number of carboxylic acids is 1. The van der Waals surface area contributed by atoms with E-state index in [0.717, 1.165) is 30.8 Å². The minimum absolute atomic E-state index is 0.233. The largest absolute Gasteiger partial charge is 0.481 e. The summed E-state index contributed by atoms with van der Waals surface area (Å²) >= 11 is 1.60. The molecule has 1 aliphatic heterocycles. The van der Waals surface area contributed by atoms with Gasteiger partial charge in [0.15, 0.2) is 0 Å². The molecule has 0 spiro atoms. The smallest absolute Gasteiger partial charge is 0.303 e. The average Bonchev–Trinajstić information content (AvgIpc) is 2.89. The molecule has 0 saturated carbocycles. The van der Waals surface area contributed by atoms with Crippen LogP contribution >= 0.6 is 11.3 Å². The van der Waals surface area contributed by atoms with Crippen LogP contribution in [0.2, 0.25) is 0 Å². The highest BCUT2D eigenvalue weighted by atomic mass is 32.1. The molecule has 2 N–H and O–H groups in total. The van der Waals surface area contributed by atoms with Crippen molar-refractivity contribution in [2.45, 2.75) is 57.1 Å². The molecule has 2 heterocycles. The van der Waals surface area contributed by atoms with Crippen LogP contribution in [-0.4, -0.2) is 40.2 Å². The van der Waals surface area contributed by atoms with Crippen molar-refractivity contribution in [1.82, 2.24) is 4.90 Å². The quantitative estimate of drug-likeness (QED) is 0.811. The van der Waals surface area contributed by atoms with Gasteiger partial charge >= 0.3 is 5.97 Å². The van der Waals surface area contributed by atoms with E-state index in [-0.39, 0.29) is 6.42 Å². The third-order valence-corrected chi connectivity index (χ3v) is 5.18. The summed E-state index contributed by atoms with van der Waals surface area (Å²) in [5.74, 6) is -0.722. The zero-order valence-electron chi connectivity index (χ0n) is 12.4. The molecule has 1 aromatic rings. The molecule has 0 aliphatic carbocycles. The molecule has 5 heteroatoms. The normalized spacial score (nSPS) is 21.9. The molecule has 21 heavy (non-hydrogen) atoms. The van der Waals surface area contributed by atoms with Gasteiger partial charge in [-0.15, -0.1) is 11.3 Å². The minimum atomic E-state index is -0.722. The minimum Gasteiger partial charge on any atom is -0.481 e. The van der Waals surface area contributed by atoms with Crippen molar-refractivity contribution < 1.29 is 15.0 Å². The molecule has 2 rings (SSSR count). The third kappa shape index (κ3) is 5.41. The molecule has 1 fully saturated rings. The van der Waals surface area contributed by atoms with Gasteiger partial charge in [0.25, 0.3) is 0 Å². The van der Waals surface area contributed by atoms with Crippen molar-refractivity contribution in [3.05, 3.63) is 22.4 Å². The number of carbonyl (C=O) groups is 1. The molecular weight excluding hydrogens is 286 g/mol. The lowest BCUT2D eigenvalue weighted by Crippen LogP contribution is -2.37. The van der Waals surface area contributed by atoms with Crippen LogP contribution in [0.1, 0.15) is 55.9 Å². The monoisotopic (exact) mass is 311 g/mol.